The normalized spacial score (nSPS) is 14.1. The van der Waals surface area contributed by atoms with Crippen molar-refractivity contribution in [2.24, 2.45) is 5.92 Å². The number of aliphatic hydroxyl groups excluding tert-OH is 1. The highest BCUT2D eigenvalue weighted by Crippen LogP contribution is 2.19. The van der Waals surface area contributed by atoms with Crippen molar-refractivity contribution in [2.75, 3.05) is 32.8 Å². The molecule has 4 heteroatoms. The fourth-order valence-corrected chi connectivity index (χ4v) is 1.67. The zero-order valence-corrected chi connectivity index (χ0v) is 10.6. The predicted molar refractivity (Wildman–Crippen MR) is 68.5 cm³/mol. The van der Waals surface area contributed by atoms with Crippen LogP contribution in [0.2, 0.25) is 0 Å². The summed E-state index contributed by atoms with van der Waals surface area (Å²) in [6.07, 6.45) is 0. The zero-order chi connectivity index (χ0) is 12.7. The third-order valence-corrected chi connectivity index (χ3v) is 2.73. The molecule has 1 rings (SSSR count). The Labute approximate surface area is 103 Å². The van der Waals surface area contributed by atoms with E-state index in [2.05, 4.69) is 5.32 Å². The minimum Gasteiger partial charge on any atom is -0.497 e. The van der Waals surface area contributed by atoms with Gasteiger partial charge in [-0.3, -0.25) is 0 Å². The van der Waals surface area contributed by atoms with Crippen molar-refractivity contribution in [3.63, 3.8) is 0 Å². The summed E-state index contributed by atoms with van der Waals surface area (Å²) in [7, 11) is 3.30. The first-order valence-electron chi connectivity index (χ1n) is 5.71. The summed E-state index contributed by atoms with van der Waals surface area (Å²) < 4.78 is 10.2. The summed E-state index contributed by atoms with van der Waals surface area (Å²) in [6, 6.07) is 7.63. The number of rotatable bonds is 7. The van der Waals surface area contributed by atoms with Crippen molar-refractivity contribution in [3.8, 4) is 5.75 Å². The maximum absolute atomic E-state index is 9.36. The quantitative estimate of drug-likeness (QED) is 0.761. The van der Waals surface area contributed by atoms with Gasteiger partial charge >= 0.3 is 0 Å². The van der Waals surface area contributed by atoms with Gasteiger partial charge in [0.1, 0.15) is 5.75 Å². The first kappa shape index (κ1) is 13.8. The molecule has 0 heterocycles. The van der Waals surface area contributed by atoms with Gasteiger partial charge in [-0.05, 0) is 12.1 Å². The first-order valence-corrected chi connectivity index (χ1v) is 5.71. The fraction of sp³-hybridized carbons (Fsp3) is 0.538. The van der Waals surface area contributed by atoms with Gasteiger partial charge in [-0.1, -0.05) is 13.0 Å². The lowest BCUT2D eigenvalue weighted by atomic mass is 10.0. The summed E-state index contributed by atoms with van der Waals surface area (Å²) in [5, 5.41) is 12.6. The molecule has 0 radical (unpaired) electrons. The number of ether oxygens (including phenoxy) is 2. The number of aliphatic hydroxyl groups is 1. The van der Waals surface area contributed by atoms with Crippen LogP contribution in [0.3, 0.4) is 0 Å². The van der Waals surface area contributed by atoms with Gasteiger partial charge in [0.15, 0.2) is 0 Å². The molecule has 0 aliphatic rings. The van der Waals surface area contributed by atoms with Crippen LogP contribution in [0.5, 0.6) is 5.75 Å². The van der Waals surface area contributed by atoms with Crippen molar-refractivity contribution >= 4 is 5.69 Å². The standard InChI is InChI=1S/C13H21NO3/c1-10(9-16-2)13(8-15)14-11-5-4-6-12(7-11)17-3/h4-7,10,13-15H,8-9H2,1-3H3. The molecule has 0 saturated heterocycles. The molecule has 2 N–H and O–H groups in total. The van der Waals surface area contributed by atoms with Gasteiger partial charge in [0.05, 0.1) is 26.4 Å². The van der Waals surface area contributed by atoms with Crippen LogP contribution in [-0.4, -0.2) is 38.6 Å². The largest absolute Gasteiger partial charge is 0.497 e. The molecule has 2 atom stereocenters. The maximum Gasteiger partial charge on any atom is 0.120 e. The van der Waals surface area contributed by atoms with E-state index in [-0.39, 0.29) is 18.6 Å². The third-order valence-electron chi connectivity index (χ3n) is 2.73. The molecule has 0 aromatic heterocycles. The Bertz CT molecular complexity index is 330. The highest BCUT2D eigenvalue weighted by Gasteiger charge is 2.16. The maximum atomic E-state index is 9.36. The van der Waals surface area contributed by atoms with Crippen LogP contribution >= 0.6 is 0 Å². The number of nitrogens with one attached hydrogen (secondary N) is 1. The molecular formula is C13H21NO3. The molecule has 1 aromatic carbocycles. The molecule has 0 bridgehead atoms. The predicted octanol–water partition coefficient (Wildman–Crippen LogP) is 1.75. The number of hydrogen-bond acceptors (Lipinski definition) is 4. The Morgan fingerprint density at radius 2 is 2.12 bits per heavy atom. The van der Waals surface area contributed by atoms with Crippen LogP contribution in [0.4, 0.5) is 5.69 Å². The van der Waals surface area contributed by atoms with E-state index in [0.717, 1.165) is 11.4 Å². The van der Waals surface area contributed by atoms with Crippen molar-refractivity contribution in [2.45, 2.75) is 13.0 Å². The minimum absolute atomic E-state index is 0.0259. The van der Waals surface area contributed by atoms with Crippen LogP contribution in [0.25, 0.3) is 0 Å². The monoisotopic (exact) mass is 239 g/mol. The van der Waals surface area contributed by atoms with E-state index < -0.39 is 0 Å². The van der Waals surface area contributed by atoms with E-state index in [9.17, 15) is 5.11 Å². The van der Waals surface area contributed by atoms with Crippen molar-refractivity contribution in [3.05, 3.63) is 24.3 Å². The average Bonchev–Trinajstić information content (AvgIpc) is 2.36. The van der Waals surface area contributed by atoms with E-state index in [1.165, 1.54) is 0 Å². The summed E-state index contributed by atoms with van der Waals surface area (Å²) in [4.78, 5) is 0. The second kappa shape index (κ2) is 7.14. The van der Waals surface area contributed by atoms with Gasteiger partial charge in [-0.2, -0.15) is 0 Å². The first-order chi connectivity index (χ1) is 8.21. The lowest BCUT2D eigenvalue weighted by Gasteiger charge is -2.23. The topological polar surface area (TPSA) is 50.7 Å². The SMILES string of the molecule is COCC(C)C(CO)Nc1cccc(OC)c1. The smallest absolute Gasteiger partial charge is 0.120 e. The highest BCUT2D eigenvalue weighted by molar-refractivity contribution is 5.48. The van der Waals surface area contributed by atoms with Gasteiger partial charge in [-0.25, -0.2) is 0 Å². The van der Waals surface area contributed by atoms with Crippen LogP contribution in [0, 0.1) is 5.92 Å². The van der Waals surface area contributed by atoms with Gasteiger partial charge in [-0.15, -0.1) is 0 Å². The summed E-state index contributed by atoms with van der Waals surface area (Å²) >= 11 is 0. The molecule has 96 valence electrons. The van der Waals surface area contributed by atoms with Crippen molar-refractivity contribution < 1.29 is 14.6 Å². The van der Waals surface area contributed by atoms with Crippen LogP contribution in [0.15, 0.2) is 24.3 Å². The minimum atomic E-state index is -0.0259. The Hall–Kier alpha value is -1.26. The zero-order valence-electron chi connectivity index (χ0n) is 10.6. The molecular weight excluding hydrogens is 218 g/mol. The van der Waals surface area contributed by atoms with E-state index in [4.69, 9.17) is 9.47 Å². The Kier molecular flexibility index (Phi) is 5.80. The molecule has 2 unspecified atom stereocenters. The Morgan fingerprint density at radius 3 is 2.71 bits per heavy atom. The number of hydrogen-bond donors (Lipinski definition) is 2. The number of anilines is 1. The van der Waals surface area contributed by atoms with Crippen LogP contribution in [-0.2, 0) is 4.74 Å². The lowest BCUT2D eigenvalue weighted by molar-refractivity contribution is 0.132. The molecule has 1 aromatic rings. The highest BCUT2D eigenvalue weighted by atomic mass is 16.5. The van der Waals surface area contributed by atoms with Crippen LogP contribution in [0.1, 0.15) is 6.92 Å². The van der Waals surface area contributed by atoms with E-state index in [0.29, 0.717) is 6.61 Å². The molecule has 0 saturated carbocycles. The molecule has 0 spiro atoms. The molecule has 17 heavy (non-hydrogen) atoms. The number of methoxy groups -OCH3 is 2. The summed E-state index contributed by atoms with van der Waals surface area (Å²) in [5.41, 5.74) is 0.936. The Morgan fingerprint density at radius 1 is 1.35 bits per heavy atom. The fourth-order valence-electron chi connectivity index (χ4n) is 1.67. The van der Waals surface area contributed by atoms with Crippen LogP contribution < -0.4 is 10.1 Å². The summed E-state index contributed by atoms with van der Waals surface area (Å²) in [5.74, 6) is 1.03. The van der Waals surface area contributed by atoms with Gasteiger partial charge in [0, 0.05) is 24.8 Å². The van der Waals surface area contributed by atoms with E-state index in [1.54, 1.807) is 14.2 Å². The second-order valence-corrected chi connectivity index (χ2v) is 4.10. The summed E-state index contributed by atoms with van der Waals surface area (Å²) in [6.45, 7) is 2.72. The second-order valence-electron chi connectivity index (χ2n) is 4.10. The number of benzene rings is 1. The van der Waals surface area contributed by atoms with Crippen molar-refractivity contribution in [1.29, 1.82) is 0 Å². The van der Waals surface area contributed by atoms with Crippen molar-refractivity contribution in [1.82, 2.24) is 0 Å². The molecule has 0 aliphatic carbocycles. The third kappa shape index (κ3) is 4.24. The molecule has 0 aliphatic heterocycles. The van der Waals surface area contributed by atoms with Gasteiger partial charge < -0.3 is 19.9 Å². The molecule has 4 nitrogen and oxygen atoms in total. The van der Waals surface area contributed by atoms with Gasteiger partial charge in [0.2, 0.25) is 0 Å². The van der Waals surface area contributed by atoms with E-state index >= 15 is 0 Å². The van der Waals surface area contributed by atoms with Gasteiger partial charge in [0.25, 0.3) is 0 Å². The Balaban J connectivity index is 2.66. The lowest BCUT2D eigenvalue weighted by Crippen LogP contribution is -2.33. The molecule has 0 fully saturated rings. The van der Waals surface area contributed by atoms with E-state index in [1.807, 2.05) is 31.2 Å². The molecule has 0 amide bonds. The average molecular weight is 239 g/mol.